The van der Waals surface area contributed by atoms with Crippen LogP contribution in [-0.4, -0.2) is 26.5 Å². The molecule has 13 heteroatoms. The van der Waals surface area contributed by atoms with Crippen molar-refractivity contribution in [3.05, 3.63) is 133 Å². The molecule has 0 saturated carbocycles. The number of rotatable bonds is 9. The molecule has 0 aliphatic rings. The van der Waals surface area contributed by atoms with Gasteiger partial charge < -0.3 is 36.1 Å². The lowest BCUT2D eigenvalue weighted by Gasteiger charge is -2.14. The molecule has 0 atom stereocenters. The van der Waals surface area contributed by atoms with Crippen molar-refractivity contribution < 1.29 is 27.0 Å². The lowest BCUT2D eigenvalue weighted by Crippen LogP contribution is -2.21. The van der Waals surface area contributed by atoms with Crippen LogP contribution in [0.2, 0.25) is 0 Å². The Kier molecular flexibility index (Phi) is 9.75. The van der Waals surface area contributed by atoms with Crippen LogP contribution in [0.4, 0.5) is 48.5 Å². The first kappa shape index (κ1) is 31.1. The van der Waals surface area contributed by atoms with Gasteiger partial charge in [-0.25, -0.2) is 14.4 Å². The Bertz CT molecular complexity index is 1850. The molecule has 46 heavy (non-hydrogen) atoms. The monoisotopic (exact) mass is 636 g/mol. The van der Waals surface area contributed by atoms with E-state index in [9.17, 15) is 22.8 Å². The maximum absolute atomic E-state index is 13.2. The third-order valence-corrected chi connectivity index (χ3v) is 7.39. The molecule has 5 aromatic rings. The van der Waals surface area contributed by atoms with Crippen molar-refractivity contribution in [2.75, 3.05) is 31.9 Å². The van der Waals surface area contributed by atoms with Crippen LogP contribution in [0.1, 0.15) is 0 Å². The third kappa shape index (κ3) is 9.08. The van der Waals surface area contributed by atoms with Gasteiger partial charge >= 0.3 is 28.2 Å². The second-order valence-electron chi connectivity index (χ2n) is 9.64. The van der Waals surface area contributed by atoms with Crippen molar-refractivity contribution in [3.8, 4) is 5.75 Å². The Morgan fingerprint density at radius 2 is 0.739 bits per heavy atom. The number of hydrogen-bond acceptors (Lipinski definition) is 6. The minimum Gasteiger partial charge on any atom is -0.379 e. The van der Waals surface area contributed by atoms with Crippen molar-refractivity contribution in [3.63, 3.8) is 0 Å². The van der Waals surface area contributed by atoms with Gasteiger partial charge in [0, 0.05) is 46.3 Å². The van der Waals surface area contributed by atoms with Gasteiger partial charge in [0.25, 0.3) is 0 Å². The van der Waals surface area contributed by atoms with E-state index in [1.807, 2.05) is 6.07 Å². The van der Waals surface area contributed by atoms with Gasteiger partial charge in [0.2, 0.25) is 0 Å². The number of urea groups is 3. The molecule has 6 amide bonds. The largest absolute Gasteiger partial charge is 0.379 e. The second-order valence-corrected chi connectivity index (χ2v) is 11.2. The number of nitrogens with one attached hydrogen (secondary N) is 6. The summed E-state index contributed by atoms with van der Waals surface area (Å²) < 4.78 is 31.8. The van der Waals surface area contributed by atoms with Crippen LogP contribution in [0.3, 0.4) is 0 Å². The Labute approximate surface area is 264 Å². The predicted octanol–water partition coefficient (Wildman–Crippen LogP) is 7.39. The maximum Gasteiger partial charge on any atom is 0.339 e. The normalized spacial score (nSPS) is 10.6. The van der Waals surface area contributed by atoms with E-state index in [4.69, 9.17) is 4.18 Å². The smallest absolute Gasteiger partial charge is 0.339 e. The van der Waals surface area contributed by atoms with Gasteiger partial charge in [-0.05, 0) is 66.7 Å². The Hall–Kier alpha value is -6.34. The molecule has 5 rings (SSSR count). The molecule has 0 bridgehead atoms. The lowest BCUT2D eigenvalue weighted by atomic mass is 10.2. The van der Waals surface area contributed by atoms with Crippen molar-refractivity contribution in [2.24, 2.45) is 0 Å². The third-order valence-electron chi connectivity index (χ3n) is 6.12. The highest BCUT2D eigenvalue weighted by Gasteiger charge is 2.19. The predicted molar refractivity (Wildman–Crippen MR) is 178 cm³/mol. The minimum atomic E-state index is -4.38. The molecule has 0 aliphatic heterocycles. The molecule has 0 aromatic heterocycles. The average Bonchev–Trinajstić information content (AvgIpc) is 3.02. The van der Waals surface area contributed by atoms with E-state index in [0.717, 1.165) is 0 Å². The molecule has 6 N–H and O–H groups in total. The van der Waals surface area contributed by atoms with Crippen LogP contribution in [0, 0.1) is 0 Å². The van der Waals surface area contributed by atoms with E-state index in [1.54, 1.807) is 84.9 Å². The first-order chi connectivity index (χ1) is 22.2. The van der Waals surface area contributed by atoms with Crippen LogP contribution < -0.4 is 36.1 Å². The summed E-state index contributed by atoms with van der Waals surface area (Å²) in [4.78, 5) is 37.4. The summed E-state index contributed by atoms with van der Waals surface area (Å²) in [6.07, 6.45) is 0. The van der Waals surface area contributed by atoms with E-state index >= 15 is 0 Å². The molecule has 0 unspecified atom stereocenters. The zero-order valence-electron chi connectivity index (χ0n) is 24.1. The molecule has 0 fully saturated rings. The molecule has 12 nitrogen and oxygen atoms in total. The fraction of sp³-hybridized carbons (Fsp3) is 0. The number of benzene rings is 5. The standard InChI is InChI=1S/C33H28N6O6S/c40-31(34-23-10-4-1-5-11-23)37-26-16-18-30(19-17-26)46(43,44)45-29-21-27(38-32(41)35-24-12-6-2-7-13-24)20-28(22-29)39-33(42)36-25-14-8-3-9-15-25/h1-22H,(H2,34,37,40)(H2,35,38,41)(H2,36,39,42). The van der Waals surface area contributed by atoms with E-state index in [1.165, 1.54) is 42.5 Å². The van der Waals surface area contributed by atoms with Gasteiger partial charge in [0.15, 0.2) is 0 Å². The van der Waals surface area contributed by atoms with Gasteiger partial charge in [-0.2, -0.15) is 8.42 Å². The van der Waals surface area contributed by atoms with Crippen LogP contribution in [0.15, 0.2) is 138 Å². The van der Waals surface area contributed by atoms with E-state index in [0.29, 0.717) is 22.7 Å². The molecule has 232 valence electrons. The number of amides is 6. The number of carbonyl (C=O) groups is 3. The van der Waals surface area contributed by atoms with Crippen LogP contribution >= 0.6 is 0 Å². The summed E-state index contributed by atoms with van der Waals surface area (Å²) in [5, 5.41) is 15.9. The SMILES string of the molecule is O=C(Nc1ccccc1)Nc1ccc(S(=O)(=O)Oc2cc(NC(=O)Nc3ccccc3)cc(NC(=O)Nc3ccccc3)c2)cc1. The highest BCUT2D eigenvalue weighted by Crippen LogP contribution is 2.28. The van der Waals surface area contributed by atoms with Crippen LogP contribution in [-0.2, 0) is 10.1 Å². The molecular weight excluding hydrogens is 608 g/mol. The highest BCUT2D eigenvalue weighted by atomic mass is 32.2. The number of hydrogen-bond donors (Lipinski definition) is 6. The molecule has 0 aliphatic carbocycles. The summed E-state index contributed by atoms with van der Waals surface area (Å²) in [5.41, 5.74) is 2.28. The van der Waals surface area contributed by atoms with E-state index in [-0.39, 0.29) is 22.0 Å². The van der Waals surface area contributed by atoms with Crippen molar-refractivity contribution in [1.82, 2.24) is 0 Å². The molecular formula is C33H28N6O6S. The van der Waals surface area contributed by atoms with E-state index in [2.05, 4.69) is 31.9 Å². The summed E-state index contributed by atoms with van der Waals surface area (Å²) >= 11 is 0. The Morgan fingerprint density at radius 1 is 0.413 bits per heavy atom. The van der Waals surface area contributed by atoms with Gasteiger partial charge in [0.1, 0.15) is 10.6 Å². The first-order valence-electron chi connectivity index (χ1n) is 13.8. The Balaban J connectivity index is 1.31. The topological polar surface area (TPSA) is 167 Å². The van der Waals surface area contributed by atoms with Crippen molar-refractivity contribution in [2.45, 2.75) is 4.90 Å². The summed E-state index contributed by atoms with van der Waals surface area (Å²) in [5.74, 6) is -0.183. The van der Waals surface area contributed by atoms with E-state index < -0.39 is 28.2 Å². The van der Waals surface area contributed by atoms with Crippen molar-refractivity contribution in [1.29, 1.82) is 0 Å². The maximum atomic E-state index is 13.2. The molecule has 0 heterocycles. The van der Waals surface area contributed by atoms with Crippen LogP contribution in [0.25, 0.3) is 0 Å². The molecule has 0 saturated heterocycles. The molecule has 0 radical (unpaired) electrons. The van der Waals surface area contributed by atoms with Crippen LogP contribution in [0.5, 0.6) is 5.75 Å². The van der Waals surface area contributed by atoms with Gasteiger partial charge in [-0.15, -0.1) is 0 Å². The molecule has 0 spiro atoms. The van der Waals surface area contributed by atoms with Gasteiger partial charge in [-0.3, -0.25) is 0 Å². The molecule has 5 aromatic carbocycles. The second kappa shape index (κ2) is 14.4. The fourth-order valence-electron chi connectivity index (χ4n) is 4.12. The van der Waals surface area contributed by atoms with Crippen molar-refractivity contribution >= 4 is 62.3 Å². The van der Waals surface area contributed by atoms with Gasteiger partial charge in [-0.1, -0.05) is 54.6 Å². The average molecular weight is 637 g/mol. The fourth-order valence-corrected chi connectivity index (χ4v) is 5.03. The summed E-state index contributed by atoms with van der Waals surface area (Å²) in [6.45, 7) is 0. The summed E-state index contributed by atoms with van der Waals surface area (Å²) in [7, 11) is -4.38. The number of anilines is 6. The minimum absolute atomic E-state index is 0.139. The number of para-hydroxylation sites is 3. The summed E-state index contributed by atoms with van der Waals surface area (Å²) in [6, 6.07) is 33.9. The Morgan fingerprint density at radius 3 is 1.11 bits per heavy atom. The zero-order chi connectivity index (χ0) is 32.4. The van der Waals surface area contributed by atoms with Gasteiger partial charge in [0.05, 0.1) is 0 Å². The lowest BCUT2D eigenvalue weighted by molar-refractivity contribution is 0.261. The zero-order valence-corrected chi connectivity index (χ0v) is 24.9. The highest BCUT2D eigenvalue weighted by molar-refractivity contribution is 7.87. The quantitative estimate of drug-likeness (QED) is 0.0923. The first-order valence-corrected chi connectivity index (χ1v) is 15.2. The number of carbonyl (C=O) groups excluding carboxylic acids is 3.